The zero-order valence-corrected chi connectivity index (χ0v) is 17.8. The lowest BCUT2D eigenvalue weighted by atomic mass is 10.1. The average molecular weight is 434 g/mol. The molecule has 154 valence electrons. The monoisotopic (exact) mass is 433 g/mol. The van der Waals surface area contributed by atoms with Gasteiger partial charge in [-0.05, 0) is 49.6 Å². The van der Waals surface area contributed by atoms with Crippen LogP contribution < -0.4 is 16.0 Å². The number of halogens is 2. The molecular formula is C22H25Cl2N3O2. The molecule has 0 aromatic heterocycles. The molecule has 0 bridgehead atoms. The van der Waals surface area contributed by atoms with Crippen LogP contribution in [0.3, 0.4) is 0 Å². The summed E-state index contributed by atoms with van der Waals surface area (Å²) in [6.07, 6.45) is 4.31. The van der Waals surface area contributed by atoms with Gasteiger partial charge in [-0.15, -0.1) is 0 Å². The van der Waals surface area contributed by atoms with Crippen molar-refractivity contribution in [2.45, 2.75) is 44.7 Å². The molecular weight excluding hydrogens is 409 g/mol. The molecule has 1 fully saturated rings. The van der Waals surface area contributed by atoms with Crippen molar-refractivity contribution in [2.24, 2.45) is 0 Å². The van der Waals surface area contributed by atoms with E-state index in [2.05, 4.69) is 16.0 Å². The number of carbonyl (C=O) groups excluding carboxylic acids is 2. The van der Waals surface area contributed by atoms with Gasteiger partial charge in [-0.3, -0.25) is 9.59 Å². The first-order chi connectivity index (χ1) is 13.9. The van der Waals surface area contributed by atoms with Crippen molar-refractivity contribution in [3.8, 4) is 0 Å². The van der Waals surface area contributed by atoms with Crippen molar-refractivity contribution in [3.63, 3.8) is 0 Å². The maximum atomic E-state index is 12.6. The Morgan fingerprint density at radius 2 is 1.83 bits per heavy atom. The van der Waals surface area contributed by atoms with Crippen LogP contribution in [0.5, 0.6) is 0 Å². The molecule has 0 radical (unpaired) electrons. The van der Waals surface area contributed by atoms with Crippen LogP contribution in [0.25, 0.3) is 0 Å². The fourth-order valence-electron chi connectivity index (χ4n) is 3.53. The third-order valence-corrected chi connectivity index (χ3v) is 5.70. The summed E-state index contributed by atoms with van der Waals surface area (Å²) in [6.45, 7) is 2.00. The topological polar surface area (TPSA) is 70.2 Å². The highest BCUT2D eigenvalue weighted by molar-refractivity contribution is 6.35. The largest absolute Gasteiger partial charge is 0.349 e. The van der Waals surface area contributed by atoms with Crippen LogP contribution in [0.4, 0.5) is 5.69 Å². The molecule has 2 amide bonds. The predicted octanol–water partition coefficient (Wildman–Crippen LogP) is 4.96. The van der Waals surface area contributed by atoms with Gasteiger partial charge < -0.3 is 16.0 Å². The van der Waals surface area contributed by atoms with E-state index in [1.54, 1.807) is 36.4 Å². The Morgan fingerprint density at radius 1 is 1.10 bits per heavy atom. The first-order valence-electron chi connectivity index (χ1n) is 9.82. The van der Waals surface area contributed by atoms with Gasteiger partial charge in [-0.25, -0.2) is 0 Å². The van der Waals surface area contributed by atoms with Gasteiger partial charge in [0.2, 0.25) is 5.91 Å². The highest BCUT2D eigenvalue weighted by atomic mass is 35.5. The molecule has 3 rings (SSSR count). The zero-order chi connectivity index (χ0) is 20.8. The number of hydrogen-bond acceptors (Lipinski definition) is 3. The Kier molecular flexibility index (Phi) is 7.53. The normalized spacial score (nSPS) is 15.1. The van der Waals surface area contributed by atoms with Gasteiger partial charge in [-0.1, -0.05) is 54.2 Å². The Bertz CT molecular complexity index is 882. The van der Waals surface area contributed by atoms with Crippen LogP contribution in [0.1, 0.15) is 54.6 Å². The highest BCUT2D eigenvalue weighted by Crippen LogP contribution is 2.26. The molecule has 1 aliphatic rings. The number of amides is 2. The number of anilines is 1. The molecule has 2 aromatic carbocycles. The summed E-state index contributed by atoms with van der Waals surface area (Å²) >= 11 is 12.2. The molecule has 0 unspecified atom stereocenters. The van der Waals surface area contributed by atoms with Crippen molar-refractivity contribution in [2.75, 3.05) is 11.9 Å². The average Bonchev–Trinajstić information content (AvgIpc) is 3.19. The molecule has 2 aromatic rings. The Morgan fingerprint density at radius 3 is 2.55 bits per heavy atom. The smallest absolute Gasteiger partial charge is 0.253 e. The van der Waals surface area contributed by atoms with E-state index < -0.39 is 0 Å². The fourth-order valence-corrected chi connectivity index (χ4v) is 4.10. The second kappa shape index (κ2) is 10.1. The molecule has 0 heterocycles. The van der Waals surface area contributed by atoms with Crippen molar-refractivity contribution < 1.29 is 9.59 Å². The quantitative estimate of drug-likeness (QED) is 0.577. The molecule has 0 spiro atoms. The summed E-state index contributed by atoms with van der Waals surface area (Å²) in [7, 11) is 0. The second-order valence-electron chi connectivity index (χ2n) is 7.32. The summed E-state index contributed by atoms with van der Waals surface area (Å²) in [5, 5.41) is 10.2. The van der Waals surface area contributed by atoms with Crippen LogP contribution >= 0.6 is 23.2 Å². The van der Waals surface area contributed by atoms with Gasteiger partial charge in [0.1, 0.15) is 0 Å². The molecule has 1 atom stereocenters. The second-order valence-corrected chi connectivity index (χ2v) is 8.16. The molecule has 29 heavy (non-hydrogen) atoms. The maximum absolute atomic E-state index is 12.6. The molecule has 3 N–H and O–H groups in total. The Labute approximate surface area is 181 Å². The molecule has 7 heteroatoms. The van der Waals surface area contributed by atoms with Gasteiger partial charge >= 0.3 is 0 Å². The van der Waals surface area contributed by atoms with E-state index in [0.717, 1.165) is 31.2 Å². The first-order valence-corrected chi connectivity index (χ1v) is 10.6. The minimum atomic E-state index is -0.233. The van der Waals surface area contributed by atoms with Crippen molar-refractivity contribution >= 4 is 40.7 Å². The Balaban J connectivity index is 1.58. The SMILES string of the molecule is C[C@@H](NCC(=O)Nc1ccccc1C(=O)NC1CCCC1)c1ccc(Cl)cc1Cl. The Hall–Kier alpha value is -2.08. The standard InChI is InChI=1S/C22H25Cl2N3O2/c1-14(17-11-10-15(23)12-19(17)24)25-13-21(28)27-20-9-5-4-8-18(20)22(29)26-16-6-2-3-7-16/h4-5,8-12,14,16,25H,2-3,6-7,13H2,1H3,(H,26,29)(H,27,28)/t14-/m1/s1. The molecule has 1 saturated carbocycles. The number of nitrogens with one attached hydrogen (secondary N) is 3. The van der Waals surface area contributed by atoms with Gasteiger partial charge in [0.25, 0.3) is 5.91 Å². The van der Waals surface area contributed by atoms with E-state index in [1.165, 1.54) is 0 Å². The fraction of sp³-hybridized carbons (Fsp3) is 0.364. The van der Waals surface area contributed by atoms with Crippen LogP contribution in [-0.2, 0) is 4.79 Å². The van der Waals surface area contributed by atoms with Gasteiger partial charge in [0, 0.05) is 22.1 Å². The maximum Gasteiger partial charge on any atom is 0.253 e. The number of carbonyl (C=O) groups is 2. The third kappa shape index (κ3) is 5.95. The van der Waals surface area contributed by atoms with Crippen LogP contribution in [0, 0.1) is 0 Å². The van der Waals surface area contributed by atoms with Crippen molar-refractivity contribution in [1.82, 2.24) is 10.6 Å². The lowest BCUT2D eigenvalue weighted by Crippen LogP contribution is -2.34. The van der Waals surface area contributed by atoms with Crippen molar-refractivity contribution in [1.29, 1.82) is 0 Å². The molecule has 5 nitrogen and oxygen atoms in total. The van der Waals surface area contributed by atoms with E-state index in [4.69, 9.17) is 23.2 Å². The van der Waals surface area contributed by atoms with Gasteiger partial charge in [0.05, 0.1) is 17.8 Å². The summed E-state index contributed by atoms with van der Waals surface area (Å²) in [6, 6.07) is 12.4. The summed E-state index contributed by atoms with van der Waals surface area (Å²) < 4.78 is 0. The van der Waals surface area contributed by atoms with Crippen LogP contribution in [0.2, 0.25) is 10.0 Å². The zero-order valence-electron chi connectivity index (χ0n) is 16.3. The minimum Gasteiger partial charge on any atom is -0.349 e. The van der Waals surface area contributed by atoms with Crippen molar-refractivity contribution in [3.05, 3.63) is 63.6 Å². The van der Waals surface area contributed by atoms with E-state index in [0.29, 0.717) is 21.3 Å². The lowest BCUT2D eigenvalue weighted by molar-refractivity contribution is -0.115. The van der Waals surface area contributed by atoms with E-state index >= 15 is 0 Å². The van der Waals surface area contributed by atoms with E-state index in [9.17, 15) is 9.59 Å². The highest BCUT2D eigenvalue weighted by Gasteiger charge is 2.20. The lowest BCUT2D eigenvalue weighted by Gasteiger charge is -2.17. The minimum absolute atomic E-state index is 0.0820. The summed E-state index contributed by atoms with van der Waals surface area (Å²) in [5.41, 5.74) is 1.84. The number of para-hydroxylation sites is 1. The molecule has 0 saturated heterocycles. The summed E-state index contributed by atoms with van der Waals surface area (Å²) in [4.78, 5) is 25.1. The van der Waals surface area contributed by atoms with E-state index in [1.807, 2.05) is 13.0 Å². The third-order valence-electron chi connectivity index (χ3n) is 5.13. The first kappa shape index (κ1) is 21.6. The van der Waals surface area contributed by atoms with Crippen LogP contribution in [0.15, 0.2) is 42.5 Å². The van der Waals surface area contributed by atoms with Crippen LogP contribution in [-0.4, -0.2) is 24.4 Å². The molecule has 1 aliphatic carbocycles. The van der Waals surface area contributed by atoms with Gasteiger partial charge in [-0.2, -0.15) is 0 Å². The summed E-state index contributed by atoms with van der Waals surface area (Å²) in [5.74, 6) is -0.384. The number of hydrogen-bond donors (Lipinski definition) is 3. The van der Waals surface area contributed by atoms with Gasteiger partial charge in [0.15, 0.2) is 0 Å². The number of rotatable bonds is 7. The molecule has 0 aliphatic heterocycles. The number of benzene rings is 2. The predicted molar refractivity (Wildman–Crippen MR) is 118 cm³/mol. The van der Waals surface area contributed by atoms with E-state index in [-0.39, 0.29) is 30.4 Å².